The maximum Gasteiger partial charge on any atom is 0.244 e. The van der Waals surface area contributed by atoms with Gasteiger partial charge in [0.15, 0.2) is 0 Å². The fourth-order valence-corrected chi connectivity index (χ4v) is 1.67. The van der Waals surface area contributed by atoms with Crippen molar-refractivity contribution in [2.75, 3.05) is 13.1 Å². The lowest BCUT2D eigenvalue weighted by molar-refractivity contribution is -0.130. The van der Waals surface area contributed by atoms with E-state index in [1.54, 1.807) is 17.1 Å². The first-order valence-corrected chi connectivity index (χ1v) is 4.81. The molecule has 1 saturated heterocycles. The van der Waals surface area contributed by atoms with Gasteiger partial charge in [-0.1, -0.05) is 5.46 Å². The monoisotopic (exact) mass is 189 g/mol. The Bertz CT molecular complexity index is 331. The molecule has 0 unspecified atom stereocenters. The molecule has 0 spiro atoms. The van der Waals surface area contributed by atoms with Crippen molar-refractivity contribution in [3.05, 3.63) is 12.4 Å². The highest BCUT2D eigenvalue weighted by Crippen LogP contribution is 2.07. The van der Waals surface area contributed by atoms with Gasteiger partial charge in [0, 0.05) is 25.5 Å². The number of aromatic nitrogens is 2. The van der Waals surface area contributed by atoms with Crippen LogP contribution in [0, 0.1) is 0 Å². The van der Waals surface area contributed by atoms with Crippen molar-refractivity contribution in [2.24, 2.45) is 0 Å². The predicted octanol–water partition coefficient (Wildman–Crippen LogP) is -0.701. The van der Waals surface area contributed by atoms with Gasteiger partial charge in [-0.2, -0.15) is 5.10 Å². The maximum absolute atomic E-state index is 11.6. The minimum atomic E-state index is 0.130. The summed E-state index contributed by atoms with van der Waals surface area (Å²) in [5, 5.41) is 3.97. The molecule has 2 radical (unpaired) electrons. The summed E-state index contributed by atoms with van der Waals surface area (Å²) in [5.41, 5.74) is 0.597. The molecule has 0 saturated carbocycles. The molecule has 1 aromatic heterocycles. The Morgan fingerprint density at radius 3 is 2.79 bits per heavy atom. The molecule has 4 nitrogen and oxygen atoms in total. The topological polar surface area (TPSA) is 38.1 Å². The van der Waals surface area contributed by atoms with E-state index in [2.05, 4.69) is 5.10 Å². The molecule has 0 aromatic carbocycles. The summed E-state index contributed by atoms with van der Waals surface area (Å²) in [6.07, 6.45) is 5.46. The second-order valence-corrected chi connectivity index (χ2v) is 3.56. The van der Waals surface area contributed by atoms with Crippen molar-refractivity contribution in [1.82, 2.24) is 14.7 Å². The van der Waals surface area contributed by atoms with Gasteiger partial charge < -0.3 is 4.90 Å². The number of amides is 1. The zero-order valence-electron chi connectivity index (χ0n) is 8.02. The summed E-state index contributed by atoms with van der Waals surface area (Å²) in [6.45, 7) is 2.07. The van der Waals surface area contributed by atoms with Gasteiger partial charge in [-0.3, -0.25) is 9.48 Å². The summed E-state index contributed by atoms with van der Waals surface area (Å²) in [6, 6.07) is 0. The maximum atomic E-state index is 11.6. The van der Waals surface area contributed by atoms with E-state index in [0.717, 1.165) is 25.9 Å². The lowest BCUT2D eigenvalue weighted by Gasteiger charge is -2.14. The molecule has 0 atom stereocenters. The Labute approximate surface area is 84.3 Å². The van der Waals surface area contributed by atoms with Gasteiger partial charge in [-0.25, -0.2) is 0 Å². The van der Waals surface area contributed by atoms with Crippen molar-refractivity contribution < 1.29 is 4.79 Å². The van der Waals surface area contributed by atoms with E-state index >= 15 is 0 Å². The molecule has 1 amide bonds. The van der Waals surface area contributed by atoms with Crippen LogP contribution in [0.25, 0.3) is 0 Å². The van der Waals surface area contributed by atoms with Crippen molar-refractivity contribution in [3.8, 4) is 0 Å². The van der Waals surface area contributed by atoms with Gasteiger partial charge in [-0.05, 0) is 12.8 Å². The fourth-order valence-electron chi connectivity index (χ4n) is 1.67. The van der Waals surface area contributed by atoms with E-state index in [4.69, 9.17) is 7.85 Å². The summed E-state index contributed by atoms with van der Waals surface area (Å²) in [4.78, 5) is 13.5. The van der Waals surface area contributed by atoms with Crippen LogP contribution in [0.2, 0.25) is 0 Å². The predicted molar refractivity (Wildman–Crippen MR) is 53.4 cm³/mol. The quantitative estimate of drug-likeness (QED) is 0.577. The zero-order chi connectivity index (χ0) is 9.97. The molecule has 1 aromatic rings. The summed E-state index contributed by atoms with van der Waals surface area (Å²) in [5.74, 6) is 0.130. The third-order valence-electron chi connectivity index (χ3n) is 2.41. The molecular weight excluding hydrogens is 177 g/mol. The van der Waals surface area contributed by atoms with Gasteiger partial charge in [0.2, 0.25) is 5.91 Å². The van der Waals surface area contributed by atoms with Crippen LogP contribution in [-0.4, -0.2) is 41.5 Å². The average Bonchev–Trinajstić information content (AvgIpc) is 2.75. The first-order chi connectivity index (χ1) is 6.75. The highest BCUT2D eigenvalue weighted by molar-refractivity contribution is 6.31. The number of carbonyl (C=O) groups is 1. The second kappa shape index (κ2) is 3.86. The Balaban J connectivity index is 1.93. The van der Waals surface area contributed by atoms with Crippen LogP contribution in [0.3, 0.4) is 0 Å². The van der Waals surface area contributed by atoms with E-state index in [0.29, 0.717) is 12.0 Å². The largest absolute Gasteiger partial charge is 0.341 e. The first-order valence-electron chi connectivity index (χ1n) is 4.81. The molecule has 0 bridgehead atoms. The molecule has 72 valence electrons. The van der Waals surface area contributed by atoms with E-state index < -0.39 is 0 Å². The summed E-state index contributed by atoms with van der Waals surface area (Å²) >= 11 is 0. The van der Waals surface area contributed by atoms with E-state index in [1.165, 1.54) is 0 Å². The normalized spacial score (nSPS) is 16.1. The van der Waals surface area contributed by atoms with Crippen LogP contribution in [0.4, 0.5) is 0 Å². The molecule has 1 fully saturated rings. The molecule has 2 rings (SSSR count). The van der Waals surface area contributed by atoms with E-state index in [-0.39, 0.29) is 5.91 Å². The lowest BCUT2D eigenvalue weighted by Crippen LogP contribution is -2.31. The molecule has 0 N–H and O–H groups in total. The van der Waals surface area contributed by atoms with E-state index in [9.17, 15) is 4.79 Å². The van der Waals surface area contributed by atoms with Crippen LogP contribution >= 0.6 is 0 Å². The highest BCUT2D eigenvalue weighted by atomic mass is 16.2. The summed E-state index contributed by atoms with van der Waals surface area (Å²) in [7, 11) is 5.50. The standard InChI is InChI=1S/C9H12BN3O/c10-8-5-11-13(6-8)7-9(14)12-3-1-2-4-12/h5-6H,1-4,7H2. The average molecular weight is 189 g/mol. The first kappa shape index (κ1) is 9.31. The number of nitrogens with zero attached hydrogens (tertiary/aromatic N) is 3. The summed E-state index contributed by atoms with van der Waals surface area (Å²) < 4.78 is 1.58. The number of hydrogen-bond donors (Lipinski definition) is 0. The van der Waals surface area contributed by atoms with Crippen LogP contribution in [0.5, 0.6) is 0 Å². The molecule has 2 heterocycles. The molecule has 0 aliphatic carbocycles. The van der Waals surface area contributed by atoms with Crippen LogP contribution in [-0.2, 0) is 11.3 Å². The van der Waals surface area contributed by atoms with Crippen molar-refractivity contribution >= 4 is 19.2 Å². The number of hydrogen-bond acceptors (Lipinski definition) is 2. The Hall–Kier alpha value is -1.26. The van der Waals surface area contributed by atoms with Gasteiger partial charge in [0.05, 0.1) is 0 Å². The van der Waals surface area contributed by atoms with Crippen LogP contribution < -0.4 is 5.46 Å². The fraction of sp³-hybridized carbons (Fsp3) is 0.556. The number of rotatable bonds is 2. The van der Waals surface area contributed by atoms with Crippen molar-refractivity contribution in [1.29, 1.82) is 0 Å². The molecule has 5 heteroatoms. The third-order valence-corrected chi connectivity index (χ3v) is 2.41. The smallest absolute Gasteiger partial charge is 0.244 e. The molecular formula is C9H12BN3O. The highest BCUT2D eigenvalue weighted by Gasteiger charge is 2.17. The van der Waals surface area contributed by atoms with Gasteiger partial charge in [-0.15, -0.1) is 0 Å². The zero-order valence-corrected chi connectivity index (χ0v) is 8.02. The Kier molecular flexibility index (Phi) is 2.57. The molecule has 1 aliphatic rings. The molecule has 14 heavy (non-hydrogen) atoms. The Morgan fingerprint density at radius 1 is 1.50 bits per heavy atom. The Morgan fingerprint density at radius 2 is 2.21 bits per heavy atom. The van der Waals surface area contributed by atoms with Crippen molar-refractivity contribution in [2.45, 2.75) is 19.4 Å². The van der Waals surface area contributed by atoms with Gasteiger partial charge in [0.25, 0.3) is 0 Å². The third kappa shape index (κ3) is 1.97. The van der Waals surface area contributed by atoms with Crippen LogP contribution in [0.15, 0.2) is 12.4 Å². The second-order valence-electron chi connectivity index (χ2n) is 3.56. The minimum Gasteiger partial charge on any atom is -0.341 e. The lowest BCUT2D eigenvalue weighted by atomic mass is 10.0. The number of likely N-dealkylation sites (tertiary alicyclic amines) is 1. The molecule has 1 aliphatic heterocycles. The van der Waals surface area contributed by atoms with Crippen LogP contribution in [0.1, 0.15) is 12.8 Å². The van der Waals surface area contributed by atoms with Gasteiger partial charge >= 0.3 is 0 Å². The minimum absolute atomic E-state index is 0.130. The number of carbonyl (C=O) groups excluding carboxylic acids is 1. The SMILES string of the molecule is [B]c1cnn(CC(=O)N2CCCC2)c1. The van der Waals surface area contributed by atoms with E-state index in [1.807, 2.05) is 4.90 Å². The van der Waals surface area contributed by atoms with Crippen molar-refractivity contribution in [3.63, 3.8) is 0 Å². The van der Waals surface area contributed by atoms with Gasteiger partial charge in [0.1, 0.15) is 14.4 Å².